The van der Waals surface area contributed by atoms with Crippen LogP contribution in [0.5, 0.6) is 5.75 Å². The van der Waals surface area contributed by atoms with Gasteiger partial charge in [-0.25, -0.2) is 15.0 Å². The van der Waals surface area contributed by atoms with E-state index in [1.807, 2.05) is 0 Å². The molecule has 0 aliphatic carbocycles. The van der Waals surface area contributed by atoms with Crippen LogP contribution in [0.2, 0.25) is 0 Å². The van der Waals surface area contributed by atoms with Crippen LogP contribution in [0.15, 0.2) is 53.6 Å². The lowest BCUT2D eigenvalue weighted by Crippen LogP contribution is -2.16. The minimum atomic E-state index is -0.731. The number of benzene rings is 2. The molecule has 0 unspecified atom stereocenters. The molecule has 0 saturated carbocycles. The number of nitro groups is 1. The predicted molar refractivity (Wildman–Crippen MR) is 87.6 cm³/mol. The van der Waals surface area contributed by atoms with Crippen LogP contribution in [0.1, 0.15) is 15.9 Å². The zero-order valence-corrected chi connectivity index (χ0v) is 13.0. The fraction of sp³-hybridized carbons (Fsp3) is 0.0625. The summed E-state index contributed by atoms with van der Waals surface area (Å²) in [5.74, 6) is -0.510. The number of nitrogens with one attached hydrogen (secondary N) is 1. The first-order valence-electron chi connectivity index (χ1n) is 6.93. The van der Waals surface area contributed by atoms with Crippen molar-refractivity contribution in [1.29, 1.82) is 0 Å². The van der Waals surface area contributed by atoms with Crippen molar-refractivity contribution in [2.75, 3.05) is 7.11 Å². The molecule has 0 spiro atoms. The number of esters is 1. The first-order chi connectivity index (χ1) is 12.0. The summed E-state index contributed by atoms with van der Waals surface area (Å²) in [6, 6.07) is 11.6. The van der Waals surface area contributed by atoms with Gasteiger partial charge in [-0.2, -0.15) is 5.10 Å². The van der Waals surface area contributed by atoms with Crippen molar-refractivity contribution in [1.82, 2.24) is 5.43 Å². The average molecular weight is 343 g/mol. The summed E-state index contributed by atoms with van der Waals surface area (Å²) in [4.78, 5) is 33.1. The lowest BCUT2D eigenvalue weighted by molar-refractivity contribution is -0.384. The molecule has 2 rings (SSSR count). The van der Waals surface area contributed by atoms with Crippen molar-refractivity contribution in [2.24, 2.45) is 5.10 Å². The van der Waals surface area contributed by atoms with Crippen molar-refractivity contribution in [2.45, 2.75) is 0 Å². The number of hydrazone groups is 1. The molecule has 1 amide bonds. The number of nitrogens with zero attached hydrogens (tertiary/aromatic N) is 2. The van der Waals surface area contributed by atoms with E-state index in [2.05, 4.69) is 15.3 Å². The summed E-state index contributed by atoms with van der Waals surface area (Å²) >= 11 is 0. The van der Waals surface area contributed by atoms with Gasteiger partial charge >= 0.3 is 12.1 Å². The number of hydrogen-bond donors (Lipinski definition) is 1. The first kappa shape index (κ1) is 17.6. The van der Waals surface area contributed by atoms with Gasteiger partial charge in [0.15, 0.2) is 0 Å². The monoisotopic (exact) mass is 343 g/mol. The van der Waals surface area contributed by atoms with Gasteiger partial charge in [0.05, 0.1) is 23.8 Å². The number of rotatable bonds is 5. The molecule has 0 fully saturated rings. The van der Waals surface area contributed by atoms with Crippen molar-refractivity contribution >= 4 is 24.0 Å². The van der Waals surface area contributed by atoms with Crippen molar-refractivity contribution in [3.63, 3.8) is 0 Å². The van der Waals surface area contributed by atoms with Crippen LogP contribution in [0.4, 0.5) is 10.5 Å². The van der Waals surface area contributed by atoms with Crippen LogP contribution in [-0.2, 0) is 4.74 Å². The smallest absolute Gasteiger partial charge is 0.427 e. The normalized spacial score (nSPS) is 10.3. The van der Waals surface area contributed by atoms with E-state index < -0.39 is 17.0 Å². The Balaban J connectivity index is 2.08. The second kappa shape index (κ2) is 8.20. The Morgan fingerprint density at radius 2 is 1.96 bits per heavy atom. The fourth-order valence-corrected chi connectivity index (χ4v) is 1.78. The summed E-state index contributed by atoms with van der Waals surface area (Å²) < 4.78 is 9.55. The lowest BCUT2D eigenvalue weighted by Gasteiger charge is -2.05. The predicted octanol–water partition coefficient (Wildman–Crippen LogP) is 2.50. The number of carbonyl (C=O) groups excluding carboxylic acids is 2. The summed E-state index contributed by atoms with van der Waals surface area (Å²) in [7, 11) is 1.21. The van der Waals surface area contributed by atoms with Crippen LogP contribution < -0.4 is 10.2 Å². The van der Waals surface area contributed by atoms with E-state index in [1.54, 1.807) is 18.2 Å². The van der Waals surface area contributed by atoms with Crippen molar-refractivity contribution in [3.8, 4) is 5.75 Å². The largest absolute Gasteiger partial charge is 0.452 e. The molecule has 2 aromatic rings. The van der Waals surface area contributed by atoms with Crippen LogP contribution in [0.25, 0.3) is 0 Å². The number of amides is 1. The number of non-ortho nitro benzene ring substituents is 1. The molecule has 0 aliphatic rings. The molecule has 25 heavy (non-hydrogen) atoms. The van der Waals surface area contributed by atoms with Gasteiger partial charge in [0.1, 0.15) is 5.75 Å². The Labute approximate surface area is 142 Å². The summed E-state index contributed by atoms with van der Waals surface area (Å²) in [6.45, 7) is 0. The SMILES string of the molecule is COC(=O)N/N=C/c1cccc(OC(=O)c2cccc([N+](=O)[O-])c2)c1. The molecule has 2 aromatic carbocycles. The zero-order valence-electron chi connectivity index (χ0n) is 13.0. The molecule has 0 saturated heterocycles. The standard InChI is InChI=1S/C16H13N3O6/c1-24-16(21)18-17-10-11-4-2-7-14(8-11)25-15(20)12-5-3-6-13(9-12)19(22)23/h2-10H,1H3,(H,18,21)/b17-10+. The van der Waals surface area contributed by atoms with Gasteiger partial charge in [-0.05, 0) is 23.8 Å². The third-order valence-corrected chi connectivity index (χ3v) is 2.92. The Morgan fingerprint density at radius 1 is 1.20 bits per heavy atom. The Morgan fingerprint density at radius 3 is 2.68 bits per heavy atom. The van der Waals surface area contributed by atoms with E-state index in [-0.39, 0.29) is 17.0 Å². The highest BCUT2D eigenvalue weighted by Gasteiger charge is 2.13. The number of nitro benzene ring substituents is 1. The van der Waals surface area contributed by atoms with E-state index in [4.69, 9.17) is 4.74 Å². The molecule has 0 heterocycles. The minimum absolute atomic E-state index is 0.0561. The molecule has 0 bridgehead atoms. The quantitative estimate of drug-likeness (QED) is 0.293. The number of hydrogen-bond acceptors (Lipinski definition) is 7. The Bertz CT molecular complexity index is 834. The van der Waals surface area contributed by atoms with Gasteiger partial charge in [-0.1, -0.05) is 18.2 Å². The lowest BCUT2D eigenvalue weighted by atomic mass is 10.2. The molecular formula is C16H13N3O6. The van der Waals surface area contributed by atoms with Crippen molar-refractivity contribution < 1.29 is 24.0 Å². The van der Waals surface area contributed by atoms with E-state index in [0.29, 0.717) is 5.56 Å². The molecule has 128 valence electrons. The maximum absolute atomic E-state index is 12.1. The van der Waals surface area contributed by atoms with Gasteiger partial charge in [-0.15, -0.1) is 0 Å². The molecule has 0 aliphatic heterocycles. The van der Waals surface area contributed by atoms with E-state index in [1.165, 1.54) is 37.6 Å². The number of carbonyl (C=O) groups is 2. The van der Waals surface area contributed by atoms with Gasteiger partial charge < -0.3 is 9.47 Å². The highest BCUT2D eigenvalue weighted by molar-refractivity contribution is 5.92. The molecular weight excluding hydrogens is 330 g/mol. The van der Waals surface area contributed by atoms with Crippen LogP contribution in [0.3, 0.4) is 0 Å². The molecule has 0 radical (unpaired) electrons. The van der Waals surface area contributed by atoms with E-state index in [9.17, 15) is 19.7 Å². The second-order valence-corrected chi connectivity index (χ2v) is 4.63. The molecule has 0 aromatic heterocycles. The third-order valence-electron chi connectivity index (χ3n) is 2.92. The Hall–Kier alpha value is -3.75. The highest BCUT2D eigenvalue weighted by atomic mass is 16.6. The van der Waals surface area contributed by atoms with Crippen LogP contribution in [0, 0.1) is 10.1 Å². The highest BCUT2D eigenvalue weighted by Crippen LogP contribution is 2.17. The molecule has 9 nitrogen and oxygen atoms in total. The van der Waals surface area contributed by atoms with Gasteiger partial charge in [0.25, 0.3) is 5.69 Å². The van der Waals surface area contributed by atoms with Gasteiger partial charge in [0, 0.05) is 12.1 Å². The van der Waals surface area contributed by atoms with Gasteiger partial charge in [-0.3, -0.25) is 10.1 Å². The maximum atomic E-state index is 12.1. The maximum Gasteiger partial charge on any atom is 0.427 e. The molecule has 9 heteroatoms. The number of methoxy groups -OCH3 is 1. The van der Waals surface area contributed by atoms with E-state index >= 15 is 0 Å². The van der Waals surface area contributed by atoms with E-state index in [0.717, 1.165) is 6.07 Å². The number of ether oxygens (including phenoxy) is 2. The van der Waals surface area contributed by atoms with Crippen LogP contribution >= 0.6 is 0 Å². The molecule has 1 N–H and O–H groups in total. The Kier molecular flexibility index (Phi) is 5.77. The molecule has 0 atom stereocenters. The second-order valence-electron chi connectivity index (χ2n) is 4.63. The summed E-state index contributed by atoms with van der Waals surface area (Å²) in [5, 5.41) is 14.4. The average Bonchev–Trinajstić information content (AvgIpc) is 2.62. The summed E-state index contributed by atoms with van der Waals surface area (Å²) in [5.41, 5.74) is 2.53. The van der Waals surface area contributed by atoms with Crippen molar-refractivity contribution in [3.05, 3.63) is 69.8 Å². The fourth-order valence-electron chi connectivity index (χ4n) is 1.78. The van der Waals surface area contributed by atoms with Gasteiger partial charge in [0.2, 0.25) is 0 Å². The zero-order chi connectivity index (χ0) is 18.2. The minimum Gasteiger partial charge on any atom is -0.452 e. The topological polar surface area (TPSA) is 120 Å². The third kappa shape index (κ3) is 5.13. The van der Waals surface area contributed by atoms with Crippen LogP contribution in [-0.4, -0.2) is 30.3 Å². The first-order valence-corrected chi connectivity index (χ1v) is 6.93. The summed E-state index contributed by atoms with van der Waals surface area (Å²) in [6.07, 6.45) is 0.617.